The molecule has 104 valence electrons. The third-order valence-electron chi connectivity index (χ3n) is 3.15. The molecule has 6 heteroatoms. The van der Waals surface area contributed by atoms with Crippen molar-refractivity contribution in [2.75, 3.05) is 25.0 Å². The van der Waals surface area contributed by atoms with Gasteiger partial charge < -0.3 is 10.2 Å². The van der Waals surface area contributed by atoms with Crippen LogP contribution in [-0.2, 0) is 4.79 Å². The van der Waals surface area contributed by atoms with Crippen LogP contribution in [0.3, 0.4) is 0 Å². The second-order valence-corrected chi connectivity index (χ2v) is 5.93. The Bertz CT molecular complexity index is 450. The van der Waals surface area contributed by atoms with E-state index in [0.717, 1.165) is 30.4 Å². The Morgan fingerprint density at radius 2 is 2.16 bits per heavy atom. The van der Waals surface area contributed by atoms with Crippen LogP contribution in [0, 0.1) is 0 Å². The zero-order valence-corrected chi connectivity index (χ0v) is 13.0. The fraction of sp³-hybridized carbons (Fsp3) is 0.538. The van der Waals surface area contributed by atoms with Crippen LogP contribution < -0.4 is 5.32 Å². The van der Waals surface area contributed by atoms with Crippen molar-refractivity contribution in [1.29, 1.82) is 0 Å². The first-order valence-electron chi connectivity index (χ1n) is 6.49. The number of aromatic nitrogens is 1. The predicted molar refractivity (Wildman–Crippen MR) is 80.5 cm³/mol. The number of halogens is 2. The summed E-state index contributed by atoms with van der Waals surface area (Å²) in [6, 6.07) is 1.78. The molecular weight excluding hydrogens is 330 g/mol. The van der Waals surface area contributed by atoms with Crippen molar-refractivity contribution < 1.29 is 4.79 Å². The summed E-state index contributed by atoms with van der Waals surface area (Å²) in [5.74, 6) is 0.830. The van der Waals surface area contributed by atoms with Crippen LogP contribution in [0.4, 0.5) is 5.82 Å². The summed E-state index contributed by atoms with van der Waals surface area (Å²) in [7, 11) is 0. The van der Waals surface area contributed by atoms with E-state index in [4.69, 9.17) is 11.6 Å². The Kier molecular flexibility index (Phi) is 5.45. The van der Waals surface area contributed by atoms with Crippen LogP contribution in [0.2, 0.25) is 5.02 Å². The third kappa shape index (κ3) is 4.35. The van der Waals surface area contributed by atoms with Gasteiger partial charge in [-0.15, -0.1) is 0 Å². The van der Waals surface area contributed by atoms with Gasteiger partial charge in [0.15, 0.2) is 0 Å². The highest BCUT2D eigenvalue weighted by Gasteiger charge is 2.15. The summed E-state index contributed by atoms with van der Waals surface area (Å²) in [6.45, 7) is 2.36. The van der Waals surface area contributed by atoms with Crippen molar-refractivity contribution >= 4 is 39.3 Å². The molecule has 0 atom stereocenters. The van der Waals surface area contributed by atoms with Crippen molar-refractivity contribution in [3.8, 4) is 0 Å². The number of likely N-dealkylation sites (tertiary alicyclic amines) is 1. The number of rotatable bonds is 4. The molecule has 1 saturated heterocycles. The van der Waals surface area contributed by atoms with E-state index in [-0.39, 0.29) is 5.91 Å². The zero-order valence-electron chi connectivity index (χ0n) is 10.7. The molecule has 0 saturated carbocycles. The largest absolute Gasteiger partial charge is 0.368 e. The number of hydrogen-bond donors (Lipinski definition) is 1. The van der Waals surface area contributed by atoms with Crippen molar-refractivity contribution in [2.24, 2.45) is 0 Å². The van der Waals surface area contributed by atoms with Crippen LogP contribution in [0.25, 0.3) is 0 Å². The molecule has 1 aliphatic rings. The molecule has 1 aliphatic heterocycles. The third-order valence-corrected chi connectivity index (χ3v) is 3.87. The van der Waals surface area contributed by atoms with Gasteiger partial charge in [-0.25, -0.2) is 4.98 Å². The van der Waals surface area contributed by atoms with Crippen LogP contribution in [0.1, 0.15) is 25.7 Å². The standard InChI is InChI=1S/C13H17BrClN3O/c14-10-8-11(15)13(17-9-10)16-5-4-12(19)18-6-2-1-3-7-18/h8-9H,1-7H2,(H,16,17). The van der Waals surface area contributed by atoms with E-state index in [2.05, 4.69) is 26.2 Å². The summed E-state index contributed by atoms with van der Waals surface area (Å²) in [4.78, 5) is 18.1. The van der Waals surface area contributed by atoms with Gasteiger partial charge in [-0.3, -0.25) is 4.79 Å². The maximum Gasteiger partial charge on any atom is 0.224 e. The topological polar surface area (TPSA) is 45.2 Å². The number of carbonyl (C=O) groups excluding carboxylic acids is 1. The Morgan fingerprint density at radius 3 is 2.84 bits per heavy atom. The Hall–Kier alpha value is -0.810. The average molecular weight is 347 g/mol. The predicted octanol–water partition coefficient (Wildman–Crippen LogP) is 3.31. The minimum absolute atomic E-state index is 0.209. The van der Waals surface area contributed by atoms with Crippen LogP contribution in [0.15, 0.2) is 16.7 Å². The number of carbonyl (C=O) groups is 1. The van der Waals surface area contributed by atoms with Crippen LogP contribution >= 0.6 is 27.5 Å². The summed E-state index contributed by atoms with van der Waals surface area (Å²) < 4.78 is 0.840. The normalized spacial score (nSPS) is 15.4. The molecule has 1 aromatic heterocycles. The summed E-state index contributed by atoms with van der Waals surface area (Å²) in [6.07, 6.45) is 5.65. The number of nitrogens with zero attached hydrogens (tertiary/aromatic N) is 2. The van der Waals surface area contributed by atoms with Gasteiger partial charge in [0, 0.05) is 36.7 Å². The second-order valence-electron chi connectivity index (χ2n) is 4.60. The summed E-state index contributed by atoms with van der Waals surface area (Å²) in [5.41, 5.74) is 0. The Morgan fingerprint density at radius 1 is 1.42 bits per heavy atom. The molecule has 2 rings (SSSR count). The lowest BCUT2D eigenvalue weighted by Gasteiger charge is -2.26. The maximum absolute atomic E-state index is 12.0. The molecule has 19 heavy (non-hydrogen) atoms. The maximum atomic E-state index is 12.0. The molecule has 0 spiro atoms. The second kappa shape index (κ2) is 7.10. The minimum atomic E-state index is 0.209. The van der Waals surface area contributed by atoms with Gasteiger partial charge in [0.25, 0.3) is 0 Å². The van der Waals surface area contributed by atoms with Gasteiger partial charge in [0.05, 0.1) is 5.02 Å². The molecule has 0 radical (unpaired) electrons. The highest BCUT2D eigenvalue weighted by molar-refractivity contribution is 9.10. The molecule has 1 aromatic rings. The van der Waals surface area contributed by atoms with Crippen molar-refractivity contribution in [3.63, 3.8) is 0 Å². The first-order valence-corrected chi connectivity index (χ1v) is 7.66. The number of pyridine rings is 1. The van der Waals surface area contributed by atoms with E-state index in [1.54, 1.807) is 12.3 Å². The molecule has 0 unspecified atom stereocenters. The molecular formula is C13H17BrClN3O. The quantitative estimate of drug-likeness (QED) is 0.909. The summed E-state index contributed by atoms with van der Waals surface area (Å²) in [5, 5.41) is 3.65. The molecule has 0 aliphatic carbocycles. The number of piperidine rings is 1. The smallest absolute Gasteiger partial charge is 0.224 e. The molecule has 1 fully saturated rings. The first kappa shape index (κ1) is 14.6. The summed E-state index contributed by atoms with van der Waals surface area (Å²) >= 11 is 9.35. The van der Waals surface area contributed by atoms with Gasteiger partial charge in [0.2, 0.25) is 5.91 Å². The van der Waals surface area contributed by atoms with Gasteiger partial charge in [-0.2, -0.15) is 0 Å². The molecule has 1 amide bonds. The molecule has 0 bridgehead atoms. The van der Waals surface area contributed by atoms with Gasteiger partial charge >= 0.3 is 0 Å². The van der Waals surface area contributed by atoms with E-state index in [9.17, 15) is 4.79 Å². The number of anilines is 1. The average Bonchev–Trinajstić information content (AvgIpc) is 2.42. The molecule has 1 N–H and O–H groups in total. The van der Waals surface area contributed by atoms with E-state index < -0.39 is 0 Å². The van der Waals surface area contributed by atoms with E-state index >= 15 is 0 Å². The Balaban J connectivity index is 1.78. The SMILES string of the molecule is O=C(CCNc1ncc(Br)cc1Cl)N1CCCCC1. The van der Waals surface area contributed by atoms with Crippen molar-refractivity contribution in [3.05, 3.63) is 21.8 Å². The van der Waals surface area contributed by atoms with E-state index in [1.165, 1.54) is 6.42 Å². The van der Waals surface area contributed by atoms with E-state index in [1.807, 2.05) is 4.90 Å². The number of amides is 1. The first-order chi connectivity index (χ1) is 9.16. The monoisotopic (exact) mass is 345 g/mol. The molecule has 4 nitrogen and oxygen atoms in total. The highest BCUT2D eigenvalue weighted by Crippen LogP contribution is 2.22. The number of hydrogen-bond acceptors (Lipinski definition) is 3. The highest BCUT2D eigenvalue weighted by atomic mass is 79.9. The van der Waals surface area contributed by atoms with Gasteiger partial charge in [-0.1, -0.05) is 11.6 Å². The van der Waals surface area contributed by atoms with Gasteiger partial charge in [-0.05, 0) is 41.3 Å². The zero-order chi connectivity index (χ0) is 13.7. The number of nitrogens with one attached hydrogen (secondary N) is 1. The van der Waals surface area contributed by atoms with Crippen molar-refractivity contribution in [2.45, 2.75) is 25.7 Å². The lowest BCUT2D eigenvalue weighted by molar-refractivity contribution is -0.131. The molecule has 0 aromatic carbocycles. The lowest BCUT2D eigenvalue weighted by atomic mass is 10.1. The van der Waals surface area contributed by atoms with Gasteiger partial charge in [0.1, 0.15) is 5.82 Å². The van der Waals surface area contributed by atoms with Crippen LogP contribution in [-0.4, -0.2) is 35.4 Å². The fourth-order valence-corrected chi connectivity index (χ4v) is 2.83. The van der Waals surface area contributed by atoms with Crippen molar-refractivity contribution in [1.82, 2.24) is 9.88 Å². The fourth-order valence-electron chi connectivity index (χ4n) is 2.13. The van der Waals surface area contributed by atoms with E-state index in [0.29, 0.717) is 23.8 Å². The molecule has 2 heterocycles. The van der Waals surface area contributed by atoms with Crippen LogP contribution in [0.5, 0.6) is 0 Å². The lowest BCUT2D eigenvalue weighted by Crippen LogP contribution is -2.36. The Labute approximate surface area is 126 Å². The minimum Gasteiger partial charge on any atom is -0.368 e.